The van der Waals surface area contributed by atoms with Crippen molar-refractivity contribution in [2.75, 3.05) is 5.32 Å². The van der Waals surface area contributed by atoms with Gasteiger partial charge in [-0.1, -0.05) is 36.4 Å². The van der Waals surface area contributed by atoms with E-state index in [1.807, 2.05) is 54.6 Å². The Kier molecular flexibility index (Phi) is 5.64. The van der Waals surface area contributed by atoms with Crippen molar-refractivity contribution in [1.82, 2.24) is 10.3 Å². The number of thiazole rings is 1. The van der Waals surface area contributed by atoms with Crippen LogP contribution in [0.3, 0.4) is 0 Å². The molecule has 29 heavy (non-hydrogen) atoms. The van der Waals surface area contributed by atoms with Crippen LogP contribution < -0.4 is 10.6 Å². The van der Waals surface area contributed by atoms with Crippen molar-refractivity contribution in [1.29, 1.82) is 0 Å². The highest BCUT2D eigenvalue weighted by Crippen LogP contribution is 2.31. The standard InChI is InChI=1S/C23H19N3OS2/c1-15-7-12-19-20(13-15)29-22(25-19)17-8-10-18(11-9-17)24-23(28)26-21(27)14-16-5-3-2-4-6-16/h2-13H,14H2,1H3,(H2,24,26,27,28). The largest absolute Gasteiger partial charge is 0.332 e. The zero-order chi connectivity index (χ0) is 20.2. The molecule has 1 aromatic heterocycles. The number of thiocarbonyl (C=S) groups is 1. The van der Waals surface area contributed by atoms with Crippen LogP contribution in [0.25, 0.3) is 20.8 Å². The average Bonchev–Trinajstić information content (AvgIpc) is 3.12. The summed E-state index contributed by atoms with van der Waals surface area (Å²) < 4.78 is 1.18. The highest BCUT2D eigenvalue weighted by molar-refractivity contribution is 7.80. The van der Waals surface area contributed by atoms with Crippen LogP contribution in [0.4, 0.5) is 5.69 Å². The number of hydrogen-bond acceptors (Lipinski definition) is 4. The van der Waals surface area contributed by atoms with Gasteiger partial charge in [0.2, 0.25) is 5.91 Å². The first-order valence-electron chi connectivity index (χ1n) is 9.19. The van der Waals surface area contributed by atoms with Crippen LogP contribution >= 0.6 is 23.6 Å². The third-order valence-electron chi connectivity index (χ3n) is 4.39. The van der Waals surface area contributed by atoms with Crippen molar-refractivity contribution in [2.45, 2.75) is 13.3 Å². The number of hydrogen-bond donors (Lipinski definition) is 2. The molecule has 0 aliphatic carbocycles. The van der Waals surface area contributed by atoms with Gasteiger partial charge in [-0.15, -0.1) is 11.3 Å². The van der Waals surface area contributed by atoms with Gasteiger partial charge < -0.3 is 10.6 Å². The number of nitrogens with zero attached hydrogens (tertiary/aromatic N) is 1. The van der Waals surface area contributed by atoms with Crippen LogP contribution in [0.5, 0.6) is 0 Å². The molecule has 3 aromatic carbocycles. The Labute approximate surface area is 178 Å². The minimum absolute atomic E-state index is 0.143. The van der Waals surface area contributed by atoms with Crippen molar-refractivity contribution in [3.05, 3.63) is 83.9 Å². The fourth-order valence-corrected chi connectivity index (χ4v) is 4.27. The van der Waals surface area contributed by atoms with E-state index in [0.29, 0.717) is 6.42 Å². The number of carbonyl (C=O) groups excluding carboxylic acids is 1. The van der Waals surface area contributed by atoms with Crippen molar-refractivity contribution < 1.29 is 4.79 Å². The Balaban J connectivity index is 1.38. The lowest BCUT2D eigenvalue weighted by atomic mass is 10.1. The number of anilines is 1. The predicted molar refractivity (Wildman–Crippen MR) is 124 cm³/mol. The molecule has 6 heteroatoms. The van der Waals surface area contributed by atoms with Gasteiger partial charge in [-0.2, -0.15) is 0 Å². The minimum Gasteiger partial charge on any atom is -0.332 e. The summed E-state index contributed by atoms with van der Waals surface area (Å²) in [5.74, 6) is -0.143. The molecule has 4 aromatic rings. The van der Waals surface area contributed by atoms with E-state index in [-0.39, 0.29) is 11.0 Å². The van der Waals surface area contributed by atoms with Gasteiger partial charge in [0.05, 0.1) is 16.6 Å². The Morgan fingerprint density at radius 3 is 2.55 bits per heavy atom. The van der Waals surface area contributed by atoms with E-state index in [4.69, 9.17) is 17.2 Å². The summed E-state index contributed by atoms with van der Waals surface area (Å²) >= 11 is 6.94. The molecule has 0 radical (unpaired) electrons. The Hall–Kier alpha value is -3.09. The maximum absolute atomic E-state index is 12.1. The van der Waals surface area contributed by atoms with Crippen molar-refractivity contribution >= 4 is 50.5 Å². The molecule has 0 unspecified atom stereocenters. The molecule has 4 nitrogen and oxygen atoms in total. The van der Waals surface area contributed by atoms with E-state index >= 15 is 0 Å². The van der Waals surface area contributed by atoms with Gasteiger partial charge in [0.15, 0.2) is 5.11 Å². The number of amides is 1. The van der Waals surface area contributed by atoms with Gasteiger partial charge in [0.1, 0.15) is 5.01 Å². The monoisotopic (exact) mass is 417 g/mol. The van der Waals surface area contributed by atoms with E-state index in [1.54, 1.807) is 11.3 Å². The minimum atomic E-state index is -0.143. The molecule has 144 valence electrons. The second-order valence-corrected chi connectivity index (χ2v) is 8.17. The van der Waals surface area contributed by atoms with Crippen LogP contribution in [0, 0.1) is 6.92 Å². The predicted octanol–water partition coefficient (Wildman–Crippen LogP) is 5.33. The molecule has 0 aliphatic heterocycles. The number of benzene rings is 3. The fourth-order valence-electron chi connectivity index (χ4n) is 2.97. The lowest BCUT2D eigenvalue weighted by molar-refractivity contribution is -0.119. The summed E-state index contributed by atoms with van der Waals surface area (Å²) in [6.45, 7) is 2.08. The maximum Gasteiger partial charge on any atom is 0.230 e. The molecular weight excluding hydrogens is 398 g/mol. The first-order chi connectivity index (χ1) is 14.1. The molecule has 0 spiro atoms. The zero-order valence-electron chi connectivity index (χ0n) is 15.8. The van der Waals surface area contributed by atoms with Crippen LogP contribution in [0.1, 0.15) is 11.1 Å². The lowest BCUT2D eigenvalue weighted by Crippen LogP contribution is -2.35. The van der Waals surface area contributed by atoms with Crippen LogP contribution in [-0.2, 0) is 11.2 Å². The lowest BCUT2D eigenvalue weighted by Gasteiger charge is -2.10. The second-order valence-electron chi connectivity index (χ2n) is 6.73. The number of aromatic nitrogens is 1. The molecular formula is C23H19N3OS2. The molecule has 0 saturated heterocycles. The third-order valence-corrected chi connectivity index (χ3v) is 5.67. The van der Waals surface area contributed by atoms with Crippen LogP contribution in [0.2, 0.25) is 0 Å². The molecule has 4 rings (SSSR count). The van der Waals surface area contributed by atoms with E-state index in [2.05, 4.69) is 35.8 Å². The summed E-state index contributed by atoms with van der Waals surface area (Å²) in [7, 11) is 0. The van der Waals surface area contributed by atoms with Crippen molar-refractivity contribution in [3.63, 3.8) is 0 Å². The van der Waals surface area contributed by atoms with Crippen molar-refractivity contribution in [3.8, 4) is 10.6 Å². The van der Waals surface area contributed by atoms with Gasteiger partial charge in [-0.05, 0) is 66.7 Å². The second kappa shape index (κ2) is 8.51. The first kappa shape index (κ1) is 19.2. The average molecular weight is 418 g/mol. The van der Waals surface area contributed by atoms with Gasteiger partial charge in [-0.3, -0.25) is 4.79 Å². The van der Waals surface area contributed by atoms with E-state index < -0.39 is 0 Å². The summed E-state index contributed by atoms with van der Waals surface area (Å²) in [5, 5.41) is 7.04. The van der Waals surface area contributed by atoms with E-state index in [1.165, 1.54) is 10.3 Å². The summed E-state index contributed by atoms with van der Waals surface area (Å²) in [6, 6.07) is 23.7. The smallest absolute Gasteiger partial charge is 0.230 e. The summed E-state index contributed by atoms with van der Waals surface area (Å²) in [4.78, 5) is 16.8. The SMILES string of the molecule is Cc1ccc2nc(-c3ccc(NC(=S)NC(=O)Cc4ccccc4)cc3)sc2c1. The number of nitrogens with one attached hydrogen (secondary N) is 2. The molecule has 0 atom stereocenters. The zero-order valence-corrected chi connectivity index (χ0v) is 17.4. The van der Waals surface area contributed by atoms with Gasteiger partial charge in [0, 0.05) is 11.3 Å². The summed E-state index contributed by atoms with van der Waals surface area (Å²) in [6.07, 6.45) is 0.290. The van der Waals surface area contributed by atoms with Crippen LogP contribution in [0.15, 0.2) is 72.8 Å². The highest BCUT2D eigenvalue weighted by Gasteiger charge is 2.08. The van der Waals surface area contributed by atoms with Crippen LogP contribution in [-0.4, -0.2) is 16.0 Å². The highest BCUT2D eigenvalue weighted by atomic mass is 32.1. The third kappa shape index (κ3) is 4.85. The first-order valence-corrected chi connectivity index (χ1v) is 10.4. The van der Waals surface area contributed by atoms with Gasteiger partial charge >= 0.3 is 0 Å². The maximum atomic E-state index is 12.1. The molecule has 0 saturated carbocycles. The van der Waals surface area contributed by atoms with Gasteiger partial charge in [-0.25, -0.2) is 4.98 Å². The Morgan fingerprint density at radius 1 is 1.03 bits per heavy atom. The van der Waals surface area contributed by atoms with E-state index in [0.717, 1.165) is 27.3 Å². The number of aryl methyl sites for hydroxylation is 1. The normalized spacial score (nSPS) is 10.7. The Bertz CT molecular complexity index is 1170. The molecule has 0 fully saturated rings. The molecule has 1 amide bonds. The molecule has 0 bridgehead atoms. The Morgan fingerprint density at radius 2 is 1.79 bits per heavy atom. The van der Waals surface area contributed by atoms with Gasteiger partial charge in [0.25, 0.3) is 0 Å². The summed E-state index contributed by atoms with van der Waals surface area (Å²) in [5.41, 5.74) is 5.06. The number of rotatable bonds is 4. The quantitative estimate of drug-likeness (QED) is 0.441. The number of carbonyl (C=O) groups is 1. The van der Waals surface area contributed by atoms with Crippen molar-refractivity contribution in [2.24, 2.45) is 0 Å². The van der Waals surface area contributed by atoms with E-state index in [9.17, 15) is 4.79 Å². The number of fused-ring (bicyclic) bond motifs is 1. The fraction of sp³-hybridized carbons (Fsp3) is 0.0870. The molecule has 2 N–H and O–H groups in total. The topological polar surface area (TPSA) is 54.0 Å². The molecule has 1 heterocycles. The molecule has 0 aliphatic rings.